The van der Waals surface area contributed by atoms with E-state index in [2.05, 4.69) is 10.6 Å². The molecule has 7 nitrogen and oxygen atoms in total. The van der Waals surface area contributed by atoms with Gasteiger partial charge in [0.15, 0.2) is 12.7 Å². The largest absolute Gasteiger partial charge is 0.482 e. The third kappa shape index (κ3) is 4.02. The number of carbonyl (C=O) groups excluding carboxylic acids is 3. The topological polar surface area (TPSA) is 93.7 Å². The van der Waals surface area contributed by atoms with Crippen LogP contribution in [0.1, 0.15) is 17.3 Å². The van der Waals surface area contributed by atoms with Crippen LogP contribution in [-0.4, -0.2) is 30.5 Å². The average Bonchev–Trinajstić information content (AvgIpc) is 2.64. The number of nitrogens with one attached hydrogen (secondary N) is 2. The SMILES string of the molecule is CC(OC(=O)c1ccc2c(c1)OCC(=O)N2)C(=O)Nc1c(F)cccc1F. The second-order valence-corrected chi connectivity index (χ2v) is 5.68. The maximum absolute atomic E-state index is 13.6. The molecule has 3 rings (SSSR count). The molecule has 0 saturated heterocycles. The Bertz CT molecular complexity index is 912. The summed E-state index contributed by atoms with van der Waals surface area (Å²) in [7, 11) is 0. The van der Waals surface area contributed by atoms with Crippen molar-refractivity contribution in [2.45, 2.75) is 13.0 Å². The van der Waals surface area contributed by atoms with Gasteiger partial charge < -0.3 is 20.1 Å². The fourth-order valence-electron chi connectivity index (χ4n) is 2.33. The van der Waals surface area contributed by atoms with Crippen molar-refractivity contribution in [2.75, 3.05) is 17.2 Å². The zero-order valence-corrected chi connectivity index (χ0v) is 14.0. The van der Waals surface area contributed by atoms with Crippen LogP contribution >= 0.6 is 0 Å². The lowest BCUT2D eigenvalue weighted by Gasteiger charge is -2.19. The van der Waals surface area contributed by atoms with E-state index in [4.69, 9.17) is 9.47 Å². The van der Waals surface area contributed by atoms with Crippen molar-refractivity contribution in [1.82, 2.24) is 0 Å². The lowest BCUT2D eigenvalue weighted by atomic mass is 10.1. The number of hydrogen-bond acceptors (Lipinski definition) is 5. The molecule has 0 fully saturated rings. The van der Waals surface area contributed by atoms with Gasteiger partial charge in [-0.15, -0.1) is 0 Å². The molecule has 1 atom stereocenters. The van der Waals surface area contributed by atoms with Gasteiger partial charge in [-0.1, -0.05) is 6.07 Å². The first-order chi connectivity index (χ1) is 12.8. The number of amides is 2. The predicted octanol–water partition coefficient (Wildman–Crippen LogP) is 2.48. The lowest BCUT2D eigenvalue weighted by molar-refractivity contribution is -0.123. The molecule has 0 bridgehead atoms. The molecule has 0 saturated carbocycles. The van der Waals surface area contributed by atoms with E-state index in [0.29, 0.717) is 5.69 Å². The molecule has 1 unspecified atom stereocenters. The van der Waals surface area contributed by atoms with Crippen LogP contribution in [0.3, 0.4) is 0 Å². The Balaban J connectivity index is 1.67. The summed E-state index contributed by atoms with van der Waals surface area (Å²) in [4.78, 5) is 35.5. The number of carbonyl (C=O) groups is 3. The number of hydrogen-bond donors (Lipinski definition) is 2. The molecule has 2 aromatic carbocycles. The van der Waals surface area contributed by atoms with E-state index in [1.165, 1.54) is 25.1 Å². The van der Waals surface area contributed by atoms with Gasteiger partial charge in [0.1, 0.15) is 23.1 Å². The van der Waals surface area contributed by atoms with E-state index >= 15 is 0 Å². The summed E-state index contributed by atoms with van der Waals surface area (Å²) < 4.78 is 37.4. The van der Waals surface area contributed by atoms with Crippen LogP contribution < -0.4 is 15.4 Å². The minimum absolute atomic E-state index is 0.0848. The molecule has 2 aromatic rings. The van der Waals surface area contributed by atoms with Gasteiger partial charge in [-0.2, -0.15) is 0 Å². The van der Waals surface area contributed by atoms with Gasteiger partial charge in [0.25, 0.3) is 11.8 Å². The molecule has 1 aliphatic rings. The Labute approximate surface area is 152 Å². The first-order valence-corrected chi connectivity index (χ1v) is 7.87. The van der Waals surface area contributed by atoms with E-state index in [1.54, 1.807) is 0 Å². The number of anilines is 2. The number of fused-ring (bicyclic) bond motifs is 1. The Morgan fingerprint density at radius 2 is 1.93 bits per heavy atom. The van der Waals surface area contributed by atoms with Crippen molar-refractivity contribution >= 4 is 29.2 Å². The number of esters is 1. The number of benzene rings is 2. The van der Waals surface area contributed by atoms with Gasteiger partial charge in [0.05, 0.1) is 11.3 Å². The molecule has 140 valence electrons. The van der Waals surface area contributed by atoms with Gasteiger partial charge in [-0.25, -0.2) is 13.6 Å². The van der Waals surface area contributed by atoms with Crippen LogP contribution in [0.2, 0.25) is 0 Å². The summed E-state index contributed by atoms with van der Waals surface area (Å²) in [6.07, 6.45) is -1.31. The summed E-state index contributed by atoms with van der Waals surface area (Å²) in [6.45, 7) is 1.08. The molecule has 0 aliphatic carbocycles. The van der Waals surface area contributed by atoms with E-state index in [9.17, 15) is 23.2 Å². The number of halogens is 2. The minimum Gasteiger partial charge on any atom is -0.482 e. The van der Waals surface area contributed by atoms with Crippen molar-refractivity contribution in [1.29, 1.82) is 0 Å². The van der Waals surface area contributed by atoms with Crippen molar-refractivity contribution in [2.24, 2.45) is 0 Å². The fourth-order valence-corrected chi connectivity index (χ4v) is 2.33. The van der Waals surface area contributed by atoms with E-state index < -0.39 is 35.3 Å². The van der Waals surface area contributed by atoms with Crippen LogP contribution in [0.5, 0.6) is 5.75 Å². The summed E-state index contributed by atoms with van der Waals surface area (Å²) >= 11 is 0. The predicted molar refractivity (Wildman–Crippen MR) is 90.4 cm³/mol. The average molecular weight is 376 g/mol. The highest BCUT2D eigenvalue weighted by Gasteiger charge is 2.23. The normalized spacial score (nSPS) is 13.7. The second-order valence-electron chi connectivity index (χ2n) is 5.68. The Morgan fingerprint density at radius 3 is 2.63 bits per heavy atom. The van der Waals surface area contributed by atoms with Crippen molar-refractivity contribution in [3.63, 3.8) is 0 Å². The van der Waals surface area contributed by atoms with Crippen LogP contribution in [0, 0.1) is 11.6 Å². The maximum atomic E-state index is 13.6. The highest BCUT2D eigenvalue weighted by atomic mass is 19.1. The molecule has 0 spiro atoms. The monoisotopic (exact) mass is 376 g/mol. The smallest absolute Gasteiger partial charge is 0.339 e. The Kier molecular flexibility index (Phi) is 5.02. The quantitative estimate of drug-likeness (QED) is 0.800. The van der Waals surface area contributed by atoms with Crippen molar-refractivity contribution < 1.29 is 32.6 Å². The first kappa shape index (κ1) is 18.3. The standard InChI is InChI=1S/C18H14F2N2O5/c1-9(17(24)22-16-11(19)3-2-4-12(16)20)27-18(25)10-5-6-13-14(7-10)26-8-15(23)21-13/h2-7,9H,8H2,1H3,(H,21,23)(H,22,24). The number of para-hydroxylation sites is 1. The number of ether oxygens (including phenoxy) is 2. The molecule has 2 amide bonds. The molecule has 9 heteroatoms. The van der Waals surface area contributed by atoms with Gasteiger partial charge >= 0.3 is 5.97 Å². The van der Waals surface area contributed by atoms with Gasteiger partial charge in [-0.05, 0) is 37.3 Å². The third-order valence-corrected chi connectivity index (χ3v) is 3.71. The van der Waals surface area contributed by atoms with Crippen LogP contribution in [0.15, 0.2) is 36.4 Å². The summed E-state index contributed by atoms with van der Waals surface area (Å²) in [5.74, 6) is -3.66. The number of rotatable bonds is 4. The third-order valence-electron chi connectivity index (χ3n) is 3.71. The summed E-state index contributed by atoms with van der Waals surface area (Å²) in [5, 5.41) is 4.62. The van der Waals surface area contributed by atoms with Crippen molar-refractivity contribution in [3.05, 3.63) is 53.6 Å². The van der Waals surface area contributed by atoms with Gasteiger partial charge in [0.2, 0.25) is 0 Å². The van der Waals surface area contributed by atoms with E-state index in [-0.39, 0.29) is 23.8 Å². The fraction of sp³-hybridized carbons (Fsp3) is 0.167. The molecular formula is C18H14F2N2O5. The summed E-state index contributed by atoms with van der Waals surface area (Å²) in [6, 6.07) is 7.34. The van der Waals surface area contributed by atoms with Gasteiger partial charge in [-0.3, -0.25) is 9.59 Å². The molecule has 0 radical (unpaired) electrons. The van der Waals surface area contributed by atoms with E-state index in [1.807, 2.05) is 0 Å². The van der Waals surface area contributed by atoms with Crippen LogP contribution in [-0.2, 0) is 14.3 Å². The molecular weight excluding hydrogens is 362 g/mol. The Morgan fingerprint density at radius 1 is 1.22 bits per heavy atom. The molecule has 2 N–H and O–H groups in total. The first-order valence-electron chi connectivity index (χ1n) is 7.87. The highest BCUT2D eigenvalue weighted by Crippen LogP contribution is 2.29. The highest BCUT2D eigenvalue weighted by molar-refractivity contribution is 5.99. The van der Waals surface area contributed by atoms with E-state index in [0.717, 1.165) is 18.2 Å². The van der Waals surface area contributed by atoms with Crippen LogP contribution in [0.4, 0.5) is 20.2 Å². The molecule has 27 heavy (non-hydrogen) atoms. The molecule has 0 aromatic heterocycles. The summed E-state index contributed by atoms with van der Waals surface area (Å²) in [5.41, 5.74) is -0.131. The maximum Gasteiger partial charge on any atom is 0.339 e. The lowest BCUT2D eigenvalue weighted by Crippen LogP contribution is -2.31. The van der Waals surface area contributed by atoms with Crippen LogP contribution in [0.25, 0.3) is 0 Å². The van der Waals surface area contributed by atoms with Crippen molar-refractivity contribution in [3.8, 4) is 5.75 Å². The Hall–Kier alpha value is -3.49. The second kappa shape index (κ2) is 7.40. The van der Waals surface area contributed by atoms with Gasteiger partial charge in [0, 0.05) is 0 Å². The zero-order valence-electron chi connectivity index (χ0n) is 14.0. The zero-order chi connectivity index (χ0) is 19.6. The molecule has 1 aliphatic heterocycles. The molecule has 1 heterocycles. The minimum atomic E-state index is -1.31.